The molecule has 2 aromatic carbocycles. The van der Waals surface area contributed by atoms with Crippen molar-refractivity contribution in [3.05, 3.63) is 59.7 Å². The second-order valence-corrected chi connectivity index (χ2v) is 3.73. The second-order valence-electron chi connectivity index (χ2n) is 3.73. The van der Waals surface area contributed by atoms with Crippen LogP contribution in [0, 0.1) is 0 Å². The van der Waals surface area contributed by atoms with Crippen LogP contribution in [0.1, 0.15) is 20.7 Å². The summed E-state index contributed by atoms with van der Waals surface area (Å²) in [6.07, 6.45) is 0. The van der Waals surface area contributed by atoms with Crippen LogP contribution < -0.4 is 14.9 Å². The molecule has 0 aromatic heterocycles. The Balaban J connectivity index is 2.19. The maximum atomic E-state index is 10.7. The third-order valence-electron chi connectivity index (χ3n) is 2.40. The first-order chi connectivity index (χ1) is 9.06. The average Bonchev–Trinajstić information content (AvgIpc) is 2.39. The Morgan fingerprint density at radius 3 is 2.00 bits per heavy atom. The minimum Gasteiger partial charge on any atom is -0.545 e. The van der Waals surface area contributed by atoms with Gasteiger partial charge in [-0.1, -0.05) is 12.1 Å². The fourth-order valence-electron chi connectivity index (χ4n) is 1.48. The van der Waals surface area contributed by atoms with Gasteiger partial charge in [0, 0.05) is 5.56 Å². The summed E-state index contributed by atoms with van der Waals surface area (Å²) in [5.41, 5.74) is 0.0414. The molecule has 0 aliphatic heterocycles. The van der Waals surface area contributed by atoms with E-state index in [9.17, 15) is 19.8 Å². The van der Waals surface area contributed by atoms with Gasteiger partial charge in [0.2, 0.25) is 0 Å². The SMILES string of the molecule is O=C([O-])c1ccc(Oc2cccc(C(=O)[O-])c2)cc1. The highest BCUT2D eigenvalue weighted by Gasteiger charge is 2.00. The van der Waals surface area contributed by atoms with Crippen molar-refractivity contribution < 1.29 is 24.5 Å². The molecule has 5 heteroatoms. The predicted octanol–water partition coefficient (Wildman–Crippen LogP) is 0.206. The lowest BCUT2D eigenvalue weighted by atomic mass is 10.2. The fraction of sp³-hybridized carbons (Fsp3) is 0. The minimum absolute atomic E-state index is 0.00357. The van der Waals surface area contributed by atoms with Crippen LogP contribution in [0.2, 0.25) is 0 Å². The van der Waals surface area contributed by atoms with E-state index in [2.05, 4.69) is 0 Å². The molecular formula is C14H8O5-2. The Hall–Kier alpha value is -2.82. The zero-order valence-corrected chi connectivity index (χ0v) is 9.66. The molecule has 0 saturated carbocycles. The topological polar surface area (TPSA) is 89.5 Å². The van der Waals surface area contributed by atoms with Crippen LogP contribution in [0.4, 0.5) is 0 Å². The Morgan fingerprint density at radius 1 is 0.789 bits per heavy atom. The van der Waals surface area contributed by atoms with Crippen LogP contribution in [-0.2, 0) is 0 Å². The highest BCUT2D eigenvalue weighted by molar-refractivity contribution is 5.86. The zero-order chi connectivity index (χ0) is 13.8. The van der Waals surface area contributed by atoms with E-state index in [-0.39, 0.29) is 11.1 Å². The summed E-state index contributed by atoms with van der Waals surface area (Å²) in [5, 5.41) is 21.3. The summed E-state index contributed by atoms with van der Waals surface area (Å²) in [4.78, 5) is 21.3. The normalized spacial score (nSPS) is 9.89. The van der Waals surface area contributed by atoms with Crippen molar-refractivity contribution in [3.63, 3.8) is 0 Å². The van der Waals surface area contributed by atoms with Crippen molar-refractivity contribution in [1.82, 2.24) is 0 Å². The van der Waals surface area contributed by atoms with Crippen molar-refractivity contribution >= 4 is 11.9 Å². The first-order valence-corrected chi connectivity index (χ1v) is 5.37. The van der Waals surface area contributed by atoms with E-state index in [1.54, 1.807) is 6.07 Å². The molecule has 5 nitrogen and oxygen atoms in total. The van der Waals surface area contributed by atoms with Crippen molar-refractivity contribution in [2.45, 2.75) is 0 Å². The number of ether oxygens (including phenoxy) is 1. The first-order valence-electron chi connectivity index (χ1n) is 5.37. The van der Waals surface area contributed by atoms with Gasteiger partial charge in [-0.25, -0.2) is 0 Å². The number of aromatic carboxylic acids is 2. The number of carbonyl (C=O) groups excluding carboxylic acids is 2. The molecule has 0 amide bonds. The van der Waals surface area contributed by atoms with Crippen LogP contribution in [0.3, 0.4) is 0 Å². The number of hydrogen-bond donors (Lipinski definition) is 0. The Kier molecular flexibility index (Phi) is 3.47. The van der Waals surface area contributed by atoms with E-state index in [1.165, 1.54) is 42.5 Å². The molecule has 0 spiro atoms. The maximum absolute atomic E-state index is 10.7. The molecule has 0 fully saturated rings. The smallest absolute Gasteiger partial charge is 0.128 e. The van der Waals surface area contributed by atoms with Crippen molar-refractivity contribution in [3.8, 4) is 11.5 Å². The highest BCUT2D eigenvalue weighted by atomic mass is 16.5. The third-order valence-corrected chi connectivity index (χ3v) is 2.40. The Labute approximate surface area is 108 Å². The lowest BCUT2D eigenvalue weighted by molar-refractivity contribution is -0.256. The zero-order valence-electron chi connectivity index (χ0n) is 9.66. The monoisotopic (exact) mass is 256 g/mol. The molecule has 0 bridgehead atoms. The van der Waals surface area contributed by atoms with Gasteiger partial charge in [0.15, 0.2) is 0 Å². The fourth-order valence-corrected chi connectivity index (χ4v) is 1.48. The highest BCUT2D eigenvalue weighted by Crippen LogP contribution is 2.22. The predicted molar refractivity (Wildman–Crippen MR) is 61.6 cm³/mol. The summed E-state index contributed by atoms with van der Waals surface area (Å²) in [5.74, 6) is -1.85. The molecule has 0 aliphatic carbocycles. The number of hydrogen-bond acceptors (Lipinski definition) is 5. The second kappa shape index (κ2) is 5.22. The Morgan fingerprint density at radius 2 is 1.42 bits per heavy atom. The van der Waals surface area contributed by atoms with Crippen molar-refractivity contribution in [2.24, 2.45) is 0 Å². The van der Waals surface area contributed by atoms with Crippen LogP contribution in [-0.4, -0.2) is 11.9 Å². The van der Waals surface area contributed by atoms with E-state index in [4.69, 9.17) is 4.74 Å². The quantitative estimate of drug-likeness (QED) is 0.779. The van der Waals surface area contributed by atoms with E-state index < -0.39 is 11.9 Å². The standard InChI is InChI=1S/C14H10O5/c15-13(16)9-4-6-11(7-5-9)19-12-3-1-2-10(8-12)14(17)18/h1-8H,(H,15,16)(H,17,18)/p-2. The number of carbonyl (C=O) groups is 2. The van der Waals surface area contributed by atoms with Gasteiger partial charge in [-0.15, -0.1) is 0 Å². The Bertz CT molecular complexity index is 616. The van der Waals surface area contributed by atoms with Crippen LogP contribution in [0.5, 0.6) is 11.5 Å². The van der Waals surface area contributed by atoms with Gasteiger partial charge in [-0.05, 0) is 42.0 Å². The van der Waals surface area contributed by atoms with Gasteiger partial charge in [-0.2, -0.15) is 0 Å². The average molecular weight is 256 g/mol. The minimum atomic E-state index is -1.29. The van der Waals surface area contributed by atoms with Gasteiger partial charge < -0.3 is 24.5 Å². The van der Waals surface area contributed by atoms with Gasteiger partial charge in [0.1, 0.15) is 11.5 Å². The van der Waals surface area contributed by atoms with Crippen molar-refractivity contribution in [1.29, 1.82) is 0 Å². The van der Waals surface area contributed by atoms with Gasteiger partial charge >= 0.3 is 0 Å². The molecule has 2 aromatic rings. The molecular weight excluding hydrogens is 248 g/mol. The summed E-state index contributed by atoms with van der Waals surface area (Å²) >= 11 is 0. The third kappa shape index (κ3) is 3.10. The van der Waals surface area contributed by atoms with E-state index >= 15 is 0 Å². The molecule has 96 valence electrons. The van der Waals surface area contributed by atoms with E-state index in [0.717, 1.165) is 0 Å². The first kappa shape index (κ1) is 12.6. The molecule has 0 aliphatic rings. The van der Waals surface area contributed by atoms with Crippen molar-refractivity contribution in [2.75, 3.05) is 0 Å². The van der Waals surface area contributed by atoms with Crippen LogP contribution >= 0.6 is 0 Å². The summed E-state index contributed by atoms with van der Waals surface area (Å²) in [6.45, 7) is 0. The van der Waals surface area contributed by atoms with Gasteiger partial charge in [0.25, 0.3) is 0 Å². The molecule has 19 heavy (non-hydrogen) atoms. The van der Waals surface area contributed by atoms with Crippen LogP contribution in [0.15, 0.2) is 48.5 Å². The lowest BCUT2D eigenvalue weighted by Crippen LogP contribution is -2.22. The summed E-state index contributed by atoms with van der Waals surface area (Å²) < 4.78 is 5.40. The van der Waals surface area contributed by atoms with Crippen LogP contribution in [0.25, 0.3) is 0 Å². The number of carboxylic acid groups (broad SMARTS) is 2. The molecule has 0 unspecified atom stereocenters. The molecule has 0 radical (unpaired) electrons. The van der Waals surface area contributed by atoms with E-state index in [0.29, 0.717) is 11.5 Å². The number of rotatable bonds is 4. The summed E-state index contributed by atoms with van der Waals surface area (Å²) in [7, 11) is 0. The lowest BCUT2D eigenvalue weighted by Gasteiger charge is -2.09. The summed E-state index contributed by atoms with van der Waals surface area (Å²) in [6, 6.07) is 11.4. The van der Waals surface area contributed by atoms with Gasteiger partial charge in [0.05, 0.1) is 11.9 Å². The van der Waals surface area contributed by atoms with E-state index in [1.807, 2.05) is 0 Å². The molecule has 0 N–H and O–H groups in total. The molecule has 0 heterocycles. The number of carboxylic acids is 2. The molecule has 0 atom stereocenters. The maximum Gasteiger partial charge on any atom is 0.128 e. The van der Waals surface area contributed by atoms with Gasteiger partial charge in [-0.3, -0.25) is 0 Å². The largest absolute Gasteiger partial charge is 0.545 e. The molecule has 0 saturated heterocycles. The number of benzene rings is 2. The molecule has 2 rings (SSSR count).